The number of aromatic nitrogens is 1. The predicted molar refractivity (Wildman–Crippen MR) is 115 cm³/mol. The minimum atomic E-state index is -0.946. The Labute approximate surface area is 189 Å². The van der Waals surface area contributed by atoms with Crippen molar-refractivity contribution >= 4 is 11.8 Å². The van der Waals surface area contributed by atoms with Gasteiger partial charge in [0.25, 0.3) is 11.8 Å². The quantitative estimate of drug-likeness (QED) is 0.742. The highest BCUT2D eigenvalue weighted by atomic mass is 19.1. The number of amides is 2. The maximum absolute atomic E-state index is 13.9. The van der Waals surface area contributed by atoms with Gasteiger partial charge in [0.15, 0.2) is 11.4 Å². The fourth-order valence-electron chi connectivity index (χ4n) is 5.56. The van der Waals surface area contributed by atoms with E-state index in [1.54, 1.807) is 4.90 Å². The van der Waals surface area contributed by atoms with Crippen LogP contribution in [0.15, 0.2) is 29.2 Å². The first-order valence-electron chi connectivity index (χ1n) is 11.3. The Morgan fingerprint density at radius 1 is 1.12 bits per heavy atom. The van der Waals surface area contributed by atoms with E-state index >= 15 is 0 Å². The SMILES string of the molecule is O=C(NCc1ccc(F)cc1F)c1cn2c(c(O)c1=O)C(=O)N1CCC3CCC(CC3)[C@H]1C2. The van der Waals surface area contributed by atoms with Crippen LogP contribution in [0.2, 0.25) is 0 Å². The number of rotatable bonds is 3. The number of pyridine rings is 1. The number of carbonyl (C=O) groups excluding carboxylic acids is 2. The van der Waals surface area contributed by atoms with E-state index < -0.39 is 28.7 Å². The molecule has 1 saturated carbocycles. The van der Waals surface area contributed by atoms with Crippen molar-refractivity contribution in [2.45, 2.75) is 51.2 Å². The summed E-state index contributed by atoms with van der Waals surface area (Å²) in [4.78, 5) is 40.5. The Balaban J connectivity index is 1.44. The molecule has 0 spiro atoms. The Bertz CT molecular complexity index is 1190. The number of hydrogen-bond acceptors (Lipinski definition) is 4. The molecule has 3 aliphatic heterocycles. The molecule has 4 heterocycles. The zero-order chi connectivity index (χ0) is 23.3. The maximum atomic E-state index is 13.9. The van der Waals surface area contributed by atoms with E-state index in [1.165, 1.54) is 16.8 Å². The van der Waals surface area contributed by atoms with E-state index in [9.17, 15) is 28.3 Å². The third kappa shape index (κ3) is 3.79. The molecule has 33 heavy (non-hydrogen) atoms. The number of nitrogens with zero attached hydrogens (tertiary/aromatic N) is 2. The van der Waals surface area contributed by atoms with Gasteiger partial charge in [-0.1, -0.05) is 18.9 Å². The van der Waals surface area contributed by atoms with Gasteiger partial charge in [-0.25, -0.2) is 8.78 Å². The van der Waals surface area contributed by atoms with Crippen LogP contribution in [0.1, 0.15) is 58.5 Å². The van der Waals surface area contributed by atoms with Crippen LogP contribution in [0.4, 0.5) is 8.78 Å². The lowest BCUT2D eigenvalue weighted by Crippen LogP contribution is -2.54. The van der Waals surface area contributed by atoms with Gasteiger partial charge < -0.3 is 19.9 Å². The van der Waals surface area contributed by atoms with Crippen LogP contribution >= 0.6 is 0 Å². The smallest absolute Gasteiger partial charge is 0.274 e. The molecule has 7 nitrogen and oxygen atoms in total. The van der Waals surface area contributed by atoms with Gasteiger partial charge in [0.1, 0.15) is 17.2 Å². The maximum Gasteiger partial charge on any atom is 0.274 e. The number of hydrogen-bond donors (Lipinski definition) is 2. The lowest BCUT2D eigenvalue weighted by Gasteiger charge is -2.47. The molecule has 0 radical (unpaired) electrons. The largest absolute Gasteiger partial charge is 0.503 e. The van der Waals surface area contributed by atoms with Gasteiger partial charge in [-0.3, -0.25) is 14.4 Å². The van der Waals surface area contributed by atoms with E-state index in [1.807, 2.05) is 0 Å². The number of nitrogens with one attached hydrogen (secondary N) is 1. The Morgan fingerprint density at radius 2 is 1.88 bits per heavy atom. The van der Waals surface area contributed by atoms with Gasteiger partial charge in [-0.15, -0.1) is 0 Å². The molecule has 9 heteroatoms. The first kappa shape index (κ1) is 21.6. The molecule has 1 atom stereocenters. The summed E-state index contributed by atoms with van der Waals surface area (Å²) in [6.07, 6.45) is 6.61. The third-order valence-corrected chi connectivity index (χ3v) is 7.42. The van der Waals surface area contributed by atoms with Crippen molar-refractivity contribution in [3.8, 4) is 5.75 Å². The predicted octanol–water partition coefficient (Wildman–Crippen LogP) is 2.80. The molecule has 1 aromatic carbocycles. The van der Waals surface area contributed by atoms with Crippen molar-refractivity contribution in [1.82, 2.24) is 14.8 Å². The summed E-state index contributed by atoms with van der Waals surface area (Å²) in [5.74, 6) is -2.52. The summed E-state index contributed by atoms with van der Waals surface area (Å²) in [7, 11) is 0. The second-order valence-electron chi connectivity index (χ2n) is 9.28. The normalized spacial score (nSPS) is 24.0. The minimum Gasteiger partial charge on any atom is -0.503 e. The van der Waals surface area contributed by atoms with E-state index in [0.29, 0.717) is 31.0 Å². The molecule has 174 valence electrons. The van der Waals surface area contributed by atoms with E-state index in [2.05, 4.69) is 5.32 Å². The zero-order valence-electron chi connectivity index (χ0n) is 18.0. The molecule has 0 unspecified atom stereocenters. The number of carbonyl (C=O) groups is 2. The topological polar surface area (TPSA) is 91.6 Å². The van der Waals surface area contributed by atoms with Crippen LogP contribution in [-0.4, -0.2) is 39.0 Å². The molecule has 2 aromatic rings. The molecule has 6 rings (SSSR count). The summed E-state index contributed by atoms with van der Waals surface area (Å²) in [5, 5.41) is 13.0. The molecule has 2 saturated heterocycles. The second-order valence-corrected chi connectivity index (χ2v) is 9.28. The zero-order valence-corrected chi connectivity index (χ0v) is 18.0. The molecule has 2 bridgehead atoms. The molecular weight excluding hydrogens is 432 g/mol. The van der Waals surface area contributed by atoms with Crippen molar-refractivity contribution in [1.29, 1.82) is 0 Å². The van der Waals surface area contributed by atoms with Gasteiger partial charge in [0.2, 0.25) is 5.43 Å². The lowest BCUT2D eigenvalue weighted by molar-refractivity contribution is 0.0280. The lowest BCUT2D eigenvalue weighted by atomic mass is 9.74. The van der Waals surface area contributed by atoms with Crippen LogP contribution in [0.5, 0.6) is 5.75 Å². The summed E-state index contributed by atoms with van der Waals surface area (Å²) < 4.78 is 28.5. The molecular formula is C24H25F2N3O4. The van der Waals surface area contributed by atoms with E-state index in [-0.39, 0.29) is 35.3 Å². The summed E-state index contributed by atoms with van der Waals surface area (Å²) in [5.41, 5.74) is -1.30. The monoisotopic (exact) mass is 457 g/mol. The second kappa shape index (κ2) is 8.28. The minimum absolute atomic E-state index is 0.0441. The Hall–Kier alpha value is -3.23. The highest BCUT2D eigenvalue weighted by Crippen LogP contribution is 2.40. The average molecular weight is 457 g/mol. The fourth-order valence-corrected chi connectivity index (χ4v) is 5.56. The summed E-state index contributed by atoms with van der Waals surface area (Å²) >= 11 is 0. The third-order valence-electron chi connectivity index (χ3n) is 7.42. The van der Waals surface area contributed by atoms with Crippen LogP contribution in [0.25, 0.3) is 0 Å². The number of benzene rings is 1. The van der Waals surface area contributed by atoms with Crippen molar-refractivity contribution in [2.24, 2.45) is 11.8 Å². The van der Waals surface area contributed by atoms with Crippen LogP contribution in [0, 0.1) is 23.5 Å². The average Bonchev–Trinajstić information content (AvgIpc) is 2.78. The van der Waals surface area contributed by atoms with Crippen LogP contribution in [0.3, 0.4) is 0 Å². The van der Waals surface area contributed by atoms with Gasteiger partial charge in [0.05, 0.1) is 6.04 Å². The van der Waals surface area contributed by atoms with E-state index in [4.69, 9.17) is 0 Å². The van der Waals surface area contributed by atoms with E-state index in [0.717, 1.165) is 38.2 Å². The standard InChI is InChI=1S/C24H25F2N3O4/c25-16-6-5-15(18(26)9-16)10-27-23(32)17-11-28-12-19-14-3-1-13(2-4-14)7-8-29(19)24(33)20(28)22(31)21(17)30/h5-6,9,11,13-14,19,31H,1-4,7-8,10,12H2,(H,27,32)/t13?,14?,19-/m1/s1. The first-order chi connectivity index (χ1) is 15.8. The van der Waals surface area contributed by atoms with Crippen LogP contribution < -0.4 is 10.7 Å². The molecule has 2 amide bonds. The van der Waals surface area contributed by atoms with Crippen molar-refractivity contribution in [3.05, 3.63) is 63.1 Å². The number of fused-ring (bicyclic) bond motifs is 4. The number of aromatic hydroxyl groups is 1. The van der Waals surface area contributed by atoms with Crippen molar-refractivity contribution < 1.29 is 23.5 Å². The van der Waals surface area contributed by atoms with Gasteiger partial charge in [-0.05, 0) is 37.2 Å². The van der Waals surface area contributed by atoms with Gasteiger partial charge >= 0.3 is 0 Å². The summed E-state index contributed by atoms with van der Waals surface area (Å²) in [6, 6.07) is 2.95. The molecule has 3 fully saturated rings. The Kier molecular flexibility index (Phi) is 5.42. The summed E-state index contributed by atoms with van der Waals surface area (Å²) in [6.45, 7) is 0.742. The first-order valence-corrected chi connectivity index (χ1v) is 11.3. The van der Waals surface area contributed by atoms with Crippen molar-refractivity contribution in [3.63, 3.8) is 0 Å². The fraction of sp³-hybridized carbons (Fsp3) is 0.458. The number of halogens is 2. The van der Waals surface area contributed by atoms with Crippen LogP contribution in [-0.2, 0) is 13.1 Å². The molecule has 1 aromatic heterocycles. The highest BCUT2D eigenvalue weighted by Gasteiger charge is 2.42. The van der Waals surface area contributed by atoms with Crippen molar-refractivity contribution in [2.75, 3.05) is 6.54 Å². The highest BCUT2D eigenvalue weighted by molar-refractivity contribution is 5.99. The van der Waals surface area contributed by atoms with Gasteiger partial charge in [0, 0.05) is 37.5 Å². The van der Waals surface area contributed by atoms with Gasteiger partial charge in [-0.2, -0.15) is 0 Å². The Morgan fingerprint density at radius 3 is 2.61 bits per heavy atom. The molecule has 2 N–H and O–H groups in total. The molecule has 1 aliphatic carbocycles. The molecule has 4 aliphatic rings.